The Morgan fingerprint density at radius 2 is 2.24 bits per heavy atom. The highest BCUT2D eigenvalue weighted by molar-refractivity contribution is 5.94. The van der Waals surface area contributed by atoms with Gasteiger partial charge in [-0.25, -0.2) is 0 Å². The van der Waals surface area contributed by atoms with E-state index >= 15 is 0 Å². The molecule has 0 saturated carbocycles. The van der Waals surface area contributed by atoms with E-state index < -0.39 is 0 Å². The molecule has 0 radical (unpaired) electrons. The molecule has 1 aliphatic rings. The summed E-state index contributed by atoms with van der Waals surface area (Å²) in [5.41, 5.74) is 3.88. The van der Waals surface area contributed by atoms with Crippen LogP contribution < -0.4 is 0 Å². The van der Waals surface area contributed by atoms with Gasteiger partial charge in [-0.2, -0.15) is 0 Å². The average molecular weight is 343 g/mol. The lowest BCUT2D eigenvalue weighted by Crippen LogP contribution is -2.41. The van der Waals surface area contributed by atoms with Gasteiger partial charge in [0.15, 0.2) is 0 Å². The normalized spacial score (nSPS) is 17.9. The van der Waals surface area contributed by atoms with Crippen LogP contribution in [0.25, 0.3) is 0 Å². The van der Waals surface area contributed by atoms with Gasteiger partial charge in [0.05, 0.1) is 5.69 Å². The second-order valence-corrected chi connectivity index (χ2v) is 7.31. The van der Waals surface area contributed by atoms with Gasteiger partial charge in [0.25, 0.3) is 5.91 Å². The molecule has 0 aliphatic carbocycles. The van der Waals surface area contributed by atoms with Crippen molar-refractivity contribution in [2.75, 3.05) is 13.1 Å². The van der Waals surface area contributed by atoms with Crippen LogP contribution in [0.4, 0.5) is 0 Å². The summed E-state index contributed by atoms with van der Waals surface area (Å²) in [6.45, 7) is 8.64. The number of hydrogen-bond donors (Lipinski definition) is 1. The van der Waals surface area contributed by atoms with Crippen LogP contribution in [-0.2, 0) is 13.0 Å². The molecule has 0 spiro atoms. The summed E-state index contributed by atoms with van der Waals surface area (Å²) >= 11 is 0. The summed E-state index contributed by atoms with van der Waals surface area (Å²) in [7, 11) is 0. The Kier molecular flexibility index (Phi) is 5.56. The second-order valence-electron chi connectivity index (χ2n) is 7.31. The third-order valence-corrected chi connectivity index (χ3v) is 4.99. The summed E-state index contributed by atoms with van der Waals surface area (Å²) < 4.78 is 1.95. The van der Waals surface area contributed by atoms with Crippen LogP contribution in [-0.4, -0.2) is 43.9 Å². The van der Waals surface area contributed by atoms with Gasteiger partial charge in [-0.1, -0.05) is 18.6 Å². The molecule has 0 unspecified atom stereocenters. The topological polar surface area (TPSA) is 66.8 Å². The van der Waals surface area contributed by atoms with Crippen LogP contribution in [0.2, 0.25) is 0 Å². The van der Waals surface area contributed by atoms with Crippen molar-refractivity contribution in [1.29, 1.82) is 0 Å². The summed E-state index contributed by atoms with van der Waals surface area (Å²) in [4.78, 5) is 18.0. The lowest BCUT2D eigenvalue weighted by molar-refractivity contribution is 0.0653. The Hall–Kier alpha value is -2.11. The summed E-state index contributed by atoms with van der Waals surface area (Å²) in [6, 6.07) is 2.03. The first-order valence-corrected chi connectivity index (χ1v) is 9.41. The van der Waals surface area contributed by atoms with Gasteiger partial charge in [-0.15, -0.1) is 5.10 Å². The van der Waals surface area contributed by atoms with Crippen molar-refractivity contribution >= 4 is 5.91 Å². The van der Waals surface area contributed by atoms with Crippen molar-refractivity contribution in [3.63, 3.8) is 0 Å². The van der Waals surface area contributed by atoms with Crippen LogP contribution in [0.1, 0.15) is 60.0 Å². The standard InChI is InChI=1S/C19H29N5O/c1-4-5-8-17-13-24(22-21-17)12-16-7-6-9-23(11-16)19(25)18-14(2)10-15(3)20-18/h10,13,16,20H,4-9,11-12H2,1-3H3/t16-/m0/s1. The van der Waals surface area contributed by atoms with Gasteiger partial charge in [-0.3, -0.25) is 9.48 Å². The maximum Gasteiger partial charge on any atom is 0.270 e. The Bertz CT molecular complexity index is 717. The van der Waals surface area contributed by atoms with Crippen molar-refractivity contribution < 1.29 is 4.79 Å². The zero-order valence-electron chi connectivity index (χ0n) is 15.6. The third kappa shape index (κ3) is 4.30. The van der Waals surface area contributed by atoms with Gasteiger partial charge in [0.1, 0.15) is 5.69 Å². The molecule has 0 bridgehead atoms. The number of aryl methyl sites for hydroxylation is 3. The molecule has 3 rings (SSSR count). The number of nitrogens with zero attached hydrogens (tertiary/aromatic N) is 4. The van der Waals surface area contributed by atoms with Gasteiger partial charge in [-0.05, 0) is 57.1 Å². The van der Waals surface area contributed by atoms with E-state index in [4.69, 9.17) is 0 Å². The lowest BCUT2D eigenvalue weighted by atomic mass is 9.97. The largest absolute Gasteiger partial charge is 0.354 e. The first-order chi connectivity index (χ1) is 12.1. The van der Waals surface area contributed by atoms with E-state index in [1.807, 2.05) is 29.5 Å². The Morgan fingerprint density at radius 1 is 1.40 bits per heavy atom. The highest BCUT2D eigenvalue weighted by Crippen LogP contribution is 2.21. The highest BCUT2D eigenvalue weighted by atomic mass is 16.2. The zero-order chi connectivity index (χ0) is 17.8. The van der Waals surface area contributed by atoms with Gasteiger partial charge in [0.2, 0.25) is 0 Å². The number of carbonyl (C=O) groups excluding carboxylic acids is 1. The minimum Gasteiger partial charge on any atom is -0.354 e. The predicted molar refractivity (Wildman–Crippen MR) is 97.5 cm³/mol. The summed E-state index contributed by atoms with van der Waals surface area (Å²) in [5.74, 6) is 0.562. The summed E-state index contributed by atoms with van der Waals surface area (Å²) in [5, 5.41) is 8.53. The maximum absolute atomic E-state index is 12.8. The van der Waals surface area contributed by atoms with Gasteiger partial charge in [0, 0.05) is 31.5 Å². The minimum atomic E-state index is 0.123. The molecule has 2 aromatic heterocycles. The molecule has 2 aromatic rings. The van der Waals surface area contributed by atoms with E-state index in [2.05, 4.69) is 28.4 Å². The lowest BCUT2D eigenvalue weighted by Gasteiger charge is -2.32. The number of rotatable bonds is 6. The van der Waals surface area contributed by atoms with Crippen LogP contribution in [0, 0.1) is 19.8 Å². The number of aromatic nitrogens is 4. The predicted octanol–water partition coefficient (Wildman–Crippen LogP) is 3.12. The number of hydrogen-bond acceptors (Lipinski definition) is 3. The van der Waals surface area contributed by atoms with Crippen molar-refractivity contribution in [2.24, 2.45) is 5.92 Å². The van der Waals surface area contributed by atoms with Gasteiger partial charge >= 0.3 is 0 Å². The van der Waals surface area contributed by atoms with Crippen LogP contribution >= 0.6 is 0 Å². The fourth-order valence-corrected chi connectivity index (χ4v) is 3.67. The number of carbonyl (C=O) groups is 1. The Morgan fingerprint density at radius 3 is 2.96 bits per heavy atom. The number of likely N-dealkylation sites (tertiary alicyclic amines) is 1. The average Bonchev–Trinajstić information content (AvgIpc) is 3.18. The molecule has 3 heterocycles. The number of H-pyrrole nitrogens is 1. The molecular weight excluding hydrogens is 314 g/mol. The highest BCUT2D eigenvalue weighted by Gasteiger charge is 2.26. The van der Waals surface area contributed by atoms with Crippen molar-refractivity contribution in [3.05, 3.63) is 34.9 Å². The quantitative estimate of drug-likeness (QED) is 0.876. The molecule has 25 heavy (non-hydrogen) atoms. The molecule has 1 aliphatic heterocycles. The van der Waals surface area contributed by atoms with Crippen molar-refractivity contribution in [1.82, 2.24) is 24.9 Å². The monoisotopic (exact) mass is 343 g/mol. The van der Waals surface area contributed by atoms with Crippen molar-refractivity contribution in [2.45, 2.75) is 59.4 Å². The van der Waals surface area contributed by atoms with E-state index in [0.717, 1.165) is 68.0 Å². The first-order valence-electron chi connectivity index (χ1n) is 9.41. The molecular formula is C19H29N5O. The van der Waals surface area contributed by atoms with E-state index in [1.54, 1.807) is 0 Å². The SMILES string of the molecule is CCCCc1cn(C[C@H]2CCCN(C(=O)c3[nH]c(C)cc3C)C2)nn1. The fourth-order valence-electron chi connectivity index (χ4n) is 3.67. The van der Waals surface area contributed by atoms with E-state index in [-0.39, 0.29) is 5.91 Å². The fraction of sp³-hybridized carbons (Fsp3) is 0.632. The van der Waals surface area contributed by atoms with E-state index in [0.29, 0.717) is 5.92 Å². The molecule has 1 fully saturated rings. The maximum atomic E-state index is 12.8. The number of nitrogens with one attached hydrogen (secondary N) is 1. The second kappa shape index (κ2) is 7.85. The van der Waals surface area contributed by atoms with Crippen LogP contribution in [0.5, 0.6) is 0 Å². The van der Waals surface area contributed by atoms with E-state index in [9.17, 15) is 4.79 Å². The molecule has 136 valence electrons. The molecule has 0 aromatic carbocycles. The third-order valence-electron chi connectivity index (χ3n) is 4.99. The Labute approximate surface area is 149 Å². The smallest absolute Gasteiger partial charge is 0.270 e. The number of unbranched alkanes of at least 4 members (excludes halogenated alkanes) is 1. The molecule has 1 atom stereocenters. The summed E-state index contributed by atoms with van der Waals surface area (Å²) in [6.07, 6.45) is 7.57. The number of aromatic amines is 1. The van der Waals surface area contributed by atoms with Crippen LogP contribution in [0.3, 0.4) is 0 Å². The molecule has 1 N–H and O–H groups in total. The zero-order valence-corrected chi connectivity index (χ0v) is 15.6. The number of amides is 1. The van der Waals surface area contributed by atoms with Gasteiger partial charge < -0.3 is 9.88 Å². The Balaban J connectivity index is 1.60. The molecule has 1 saturated heterocycles. The van der Waals surface area contributed by atoms with Crippen LogP contribution in [0.15, 0.2) is 12.3 Å². The van der Waals surface area contributed by atoms with E-state index in [1.165, 1.54) is 6.42 Å². The number of piperidine rings is 1. The molecule has 6 heteroatoms. The first kappa shape index (κ1) is 17.7. The van der Waals surface area contributed by atoms with Crippen molar-refractivity contribution in [3.8, 4) is 0 Å². The molecule has 1 amide bonds. The molecule has 6 nitrogen and oxygen atoms in total. The minimum absolute atomic E-state index is 0.123.